The first-order valence-electron chi connectivity index (χ1n) is 3.81. The monoisotopic (exact) mass is 183 g/mol. The molecule has 0 fully saturated rings. The molecule has 0 aliphatic heterocycles. The minimum Gasteiger partial charge on any atom is -0.321 e. The second-order valence-electron chi connectivity index (χ2n) is 2.59. The van der Waals surface area contributed by atoms with E-state index in [1.807, 2.05) is 13.1 Å². The third-order valence-electron chi connectivity index (χ3n) is 1.70. The predicted octanol–water partition coefficient (Wildman–Crippen LogP) is 1.90. The van der Waals surface area contributed by atoms with Gasteiger partial charge >= 0.3 is 0 Å². The number of aryl methyl sites for hydroxylation is 1. The molecule has 0 aromatic carbocycles. The second-order valence-corrected chi connectivity index (χ2v) is 2.95. The Bertz CT molecular complexity index is 322. The first-order valence-corrected chi connectivity index (χ1v) is 4.19. The van der Waals surface area contributed by atoms with Crippen LogP contribution in [0, 0.1) is 11.3 Å². The van der Waals surface area contributed by atoms with Crippen LogP contribution in [0.5, 0.6) is 0 Å². The second kappa shape index (κ2) is 3.59. The van der Waals surface area contributed by atoms with E-state index in [-0.39, 0.29) is 0 Å². The largest absolute Gasteiger partial charge is 0.321 e. The summed E-state index contributed by atoms with van der Waals surface area (Å²) < 4.78 is 1.75. The number of nitrogens with zero attached hydrogens (tertiary/aromatic N) is 3. The lowest BCUT2D eigenvalue weighted by Gasteiger charge is -1.97. The molecule has 12 heavy (non-hydrogen) atoms. The molecule has 0 bridgehead atoms. The van der Waals surface area contributed by atoms with Crippen LogP contribution in [-0.2, 0) is 13.5 Å². The van der Waals surface area contributed by atoms with Gasteiger partial charge in [-0.25, -0.2) is 4.98 Å². The van der Waals surface area contributed by atoms with Crippen molar-refractivity contribution in [2.24, 2.45) is 7.05 Å². The SMILES string of the molecule is CCCc1nc(C#N)c(Cl)n1C. The van der Waals surface area contributed by atoms with Crippen LogP contribution in [0.25, 0.3) is 0 Å². The van der Waals surface area contributed by atoms with E-state index in [1.165, 1.54) is 0 Å². The number of hydrogen-bond donors (Lipinski definition) is 0. The molecule has 0 spiro atoms. The van der Waals surface area contributed by atoms with Gasteiger partial charge in [-0.15, -0.1) is 0 Å². The summed E-state index contributed by atoms with van der Waals surface area (Å²) in [5.41, 5.74) is 0.322. The summed E-state index contributed by atoms with van der Waals surface area (Å²) in [5, 5.41) is 9.05. The number of rotatable bonds is 2. The average molecular weight is 184 g/mol. The zero-order valence-corrected chi connectivity index (χ0v) is 7.89. The van der Waals surface area contributed by atoms with Crippen molar-refractivity contribution in [1.82, 2.24) is 9.55 Å². The van der Waals surface area contributed by atoms with Crippen LogP contribution in [0.3, 0.4) is 0 Å². The number of hydrogen-bond acceptors (Lipinski definition) is 2. The van der Waals surface area contributed by atoms with E-state index in [9.17, 15) is 0 Å². The summed E-state index contributed by atoms with van der Waals surface area (Å²) in [6.07, 6.45) is 1.87. The molecule has 1 aromatic heterocycles. The molecule has 3 nitrogen and oxygen atoms in total. The van der Waals surface area contributed by atoms with Crippen LogP contribution < -0.4 is 0 Å². The molecule has 0 N–H and O–H groups in total. The zero-order valence-electron chi connectivity index (χ0n) is 7.13. The maximum absolute atomic E-state index is 8.61. The molecule has 1 heterocycles. The fourth-order valence-corrected chi connectivity index (χ4v) is 1.22. The van der Waals surface area contributed by atoms with Crippen LogP contribution in [0.1, 0.15) is 24.9 Å². The van der Waals surface area contributed by atoms with Gasteiger partial charge < -0.3 is 4.57 Å². The predicted molar refractivity (Wildman–Crippen MR) is 46.9 cm³/mol. The van der Waals surface area contributed by atoms with Crippen molar-refractivity contribution in [1.29, 1.82) is 5.26 Å². The van der Waals surface area contributed by atoms with E-state index in [0.29, 0.717) is 10.8 Å². The summed E-state index contributed by atoms with van der Waals surface area (Å²) in [5.74, 6) is 0.874. The Morgan fingerprint density at radius 3 is 2.75 bits per heavy atom. The Balaban J connectivity index is 3.09. The molecule has 64 valence electrons. The highest BCUT2D eigenvalue weighted by Crippen LogP contribution is 2.16. The van der Waals surface area contributed by atoms with E-state index in [1.54, 1.807) is 4.57 Å². The van der Waals surface area contributed by atoms with Crippen LogP contribution in [0.2, 0.25) is 5.15 Å². The topological polar surface area (TPSA) is 41.6 Å². The molecule has 0 amide bonds. The van der Waals surface area contributed by atoms with Gasteiger partial charge in [0.15, 0.2) is 5.69 Å². The molecule has 1 rings (SSSR count). The summed E-state index contributed by atoms with van der Waals surface area (Å²) >= 11 is 5.83. The first kappa shape index (κ1) is 9.08. The van der Waals surface area contributed by atoms with Crippen LogP contribution in [-0.4, -0.2) is 9.55 Å². The lowest BCUT2D eigenvalue weighted by Crippen LogP contribution is -1.96. The Morgan fingerprint density at radius 1 is 1.67 bits per heavy atom. The molecule has 0 unspecified atom stereocenters. The van der Waals surface area contributed by atoms with Crippen LogP contribution >= 0.6 is 11.6 Å². The standard InChI is InChI=1S/C8H10ClN3/c1-3-4-7-11-6(5-10)8(9)12(7)2/h3-4H2,1-2H3. The molecule has 0 saturated heterocycles. The summed E-state index contributed by atoms with van der Waals surface area (Å²) in [4.78, 5) is 4.09. The van der Waals surface area contributed by atoms with E-state index in [0.717, 1.165) is 18.7 Å². The Hall–Kier alpha value is -1.01. The molecular weight excluding hydrogens is 174 g/mol. The van der Waals surface area contributed by atoms with Crippen LogP contribution in [0.15, 0.2) is 0 Å². The number of nitriles is 1. The fraction of sp³-hybridized carbons (Fsp3) is 0.500. The highest BCUT2D eigenvalue weighted by Gasteiger charge is 2.10. The van der Waals surface area contributed by atoms with Gasteiger partial charge in [0.2, 0.25) is 0 Å². The van der Waals surface area contributed by atoms with Crippen molar-refractivity contribution in [2.75, 3.05) is 0 Å². The summed E-state index contributed by atoms with van der Waals surface area (Å²) in [6, 6.07) is 1.95. The minimum atomic E-state index is 0.322. The normalized spacial score (nSPS) is 9.83. The van der Waals surface area contributed by atoms with E-state index < -0.39 is 0 Å². The highest BCUT2D eigenvalue weighted by molar-refractivity contribution is 6.30. The maximum atomic E-state index is 8.61. The number of halogens is 1. The fourth-order valence-electron chi connectivity index (χ4n) is 1.04. The molecular formula is C8H10ClN3. The van der Waals surface area contributed by atoms with Gasteiger partial charge in [-0.3, -0.25) is 0 Å². The van der Waals surface area contributed by atoms with Crippen molar-refractivity contribution in [2.45, 2.75) is 19.8 Å². The Morgan fingerprint density at radius 2 is 2.33 bits per heavy atom. The summed E-state index contributed by atoms with van der Waals surface area (Å²) in [7, 11) is 1.82. The van der Waals surface area contributed by atoms with Gasteiger partial charge in [0.05, 0.1) is 0 Å². The van der Waals surface area contributed by atoms with Gasteiger partial charge in [-0.05, 0) is 6.42 Å². The smallest absolute Gasteiger partial charge is 0.177 e. The van der Waals surface area contributed by atoms with Crippen molar-refractivity contribution >= 4 is 11.6 Å². The zero-order chi connectivity index (χ0) is 9.14. The number of aromatic nitrogens is 2. The molecule has 0 atom stereocenters. The molecule has 0 aliphatic carbocycles. The van der Waals surface area contributed by atoms with Crippen molar-refractivity contribution < 1.29 is 0 Å². The summed E-state index contributed by atoms with van der Waals surface area (Å²) in [6.45, 7) is 2.06. The number of imidazole rings is 1. The maximum Gasteiger partial charge on any atom is 0.177 e. The Kier molecular flexibility index (Phi) is 2.72. The first-order chi connectivity index (χ1) is 5.70. The average Bonchev–Trinajstić information content (AvgIpc) is 2.33. The molecule has 0 radical (unpaired) electrons. The van der Waals surface area contributed by atoms with Crippen molar-refractivity contribution in [3.63, 3.8) is 0 Å². The molecule has 0 saturated carbocycles. The molecule has 0 aliphatic rings. The van der Waals surface area contributed by atoms with Gasteiger partial charge in [0.1, 0.15) is 17.0 Å². The highest BCUT2D eigenvalue weighted by atomic mass is 35.5. The van der Waals surface area contributed by atoms with Gasteiger partial charge in [-0.2, -0.15) is 5.26 Å². The van der Waals surface area contributed by atoms with E-state index in [2.05, 4.69) is 11.9 Å². The molecule has 1 aromatic rings. The van der Waals surface area contributed by atoms with Crippen molar-refractivity contribution in [3.05, 3.63) is 16.7 Å². The third kappa shape index (κ3) is 1.44. The van der Waals surface area contributed by atoms with Gasteiger partial charge in [-0.1, -0.05) is 18.5 Å². The van der Waals surface area contributed by atoms with Crippen molar-refractivity contribution in [3.8, 4) is 6.07 Å². The lowest BCUT2D eigenvalue weighted by atomic mass is 10.3. The third-order valence-corrected chi connectivity index (χ3v) is 2.13. The van der Waals surface area contributed by atoms with E-state index in [4.69, 9.17) is 16.9 Å². The van der Waals surface area contributed by atoms with Crippen LogP contribution in [0.4, 0.5) is 0 Å². The minimum absolute atomic E-state index is 0.322. The van der Waals surface area contributed by atoms with Gasteiger partial charge in [0, 0.05) is 13.5 Å². The van der Waals surface area contributed by atoms with Gasteiger partial charge in [0.25, 0.3) is 0 Å². The van der Waals surface area contributed by atoms with E-state index >= 15 is 0 Å². The quantitative estimate of drug-likeness (QED) is 0.703. The lowest BCUT2D eigenvalue weighted by molar-refractivity contribution is 0.759. The molecule has 4 heteroatoms. The Labute approximate surface area is 76.6 Å².